The number of halogens is 2. The first kappa shape index (κ1) is 16.3. The first-order valence-corrected chi connectivity index (χ1v) is 7.25. The Balaban J connectivity index is 1.99. The van der Waals surface area contributed by atoms with Crippen LogP contribution in [0.25, 0.3) is 0 Å². The van der Waals surface area contributed by atoms with Crippen LogP contribution in [0.2, 0.25) is 10.0 Å². The van der Waals surface area contributed by atoms with E-state index < -0.39 is 18.0 Å². The summed E-state index contributed by atoms with van der Waals surface area (Å²) in [4.78, 5) is 24.0. The van der Waals surface area contributed by atoms with E-state index in [1.807, 2.05) is 0 Å². The quantitative estimate of drug-likeness (QED) is 0.851. The van der Waals surface area contributed by atoms with E-state index >= 15 is 0 Å². The third kappa shape index (κ3) is 4.23. The molecule has 0 aromatic heterocycles. The highest BCUT2D eigenvalue weighted by atomic mass is 35.5. The minimum absolute atomic E-state index is 0.214. The van der Waals surface area contributed by atoms with Gasteiger partial charge in [0.1, 0.15) is 0 Å². The van der Waals surface area contributed by atoms with Crippen LogP contribution in [-0.4, -0.2) is 18.0 Å². The lowest BCUT2D eigenvalue weighted by Gasteiger charge is -2.14. The predicted molar refractivity (Wildman–Crippen MR) is 86.4 cm³/mol. The van der Waals surface area contributed by atoms with Crippen molar-refractivity contribution in [2.24, 2.45) is 0 Å². The van der Waals surface area contributed by atoms with Crippen molar-refractivity contribution in [3.63, 3.8) is 0 Å². The van der Waals surface area contributed by atoms with Gasteiger partial charge in [0.15, 0.2) is 6.10 Å². The van der Waals surface area contributed by atoms with Gasteiger partial charge < -0.3 is 10.1 Å². The Kier molecular flexibility index (Phi) is 5.41. The largest absolute Gasteiger partial charge is 0.449 e. The molecule has 0 saturated carbocycles. The minimum atomic E-state index is -0.970. The third-order valence-corrected chi connectivity index (χ3v) is 3.40. The number of amides is 1. The number of anilines is 1. The number of esters is 1. The Morgan fingerprint density at radius 3 is 2.50 bits per heavy atom. The van der Waals surface area contributed by atoms with Crippen molar-refractivity contribution in [1.82, 2.24) is 0 Å². The molecule has 1 atom stereocenters. The van der Waals surface area contributed by atoms with Crippen molar-refractivity contribution in [3.05, 3.63) is 64.1 Å². The van der Waals surface area contributed by atoms with Gasteiger partial charge in [-0.3, -0.25) is 4.79 Å². The van der Waals surface area contributed by atoms with Gasteiger partial charge in [0.25, 0.3) is 5.91 Å². The summed E-state index contributed by atoms with van der Waals surface area (Å²) in [6.07, 6.45) is -0.970. The maximum absolute atomic E-state index is 12.0. The highest BCUT2D eigenvalue weighted by Gasteiger charge is 2.20. The fourth-order valence-electron chi connectivity index (χ4n) is 1.71. The number of rotatable bonds is 4. The van der Waals surface area contributed by atoms with Crippen molar-refractivity contribution in [2.75, 3.05) is 5.32 Å². The summed E-state index contributed by atoms with van der Waals surface area (Å²) in [7, 11) is 0. The van der Waals surface area contributed by atoms with Gasteiger partial charge in [-0.2, -0.15) is 0 Å². The molecule has 1 N–H and O–H groups in total. The van der Waals surface area contributed by atoms with Crippen LogP contribution < -0.4 is 5.32 Å². The molecule has 2 rings (SSSR count). The number of carbonyl (C=O) groups excluding carboxylic acids is 2. The molecule has 0 fully saturated rings. The van der Waals surface area contributed by atoms with Crippen LogP contribution in [0.4, 0.5) is 5.69 Å². The number of nitrogens with one attached hydrogen (secondary N) is 1. The van der Waals surface area contributed by atoms with Crippen molar-refractivity contribution < 1.29 is 14.3 Å². The zero-order valence-corrected chi connectivity index (χ0v) is 13.2. The van der Waals surface area contributed by atoms with E-state index in [2.05, 4.69) is 5.32 Å². The molecule has 6 heteroatoms. The lowest BCUT2D eigenvalue weighted by Crippen LogP contribution is -2.30. The van der Waals surface area contributed by atoms with E-state index in [0.29, 0.717) is 10.7 Å². The maximum Gasteiger partial charge on any atom is 0.340 e. The van der Waals surface area contributed by atoms with Crippen LogP contribution in [-0.2, 0) is 9.53 Å². The molecule has 0 aliphatic carbocycles. The fourth-order valence-corrected chi connectivity index (χ4v) is 2.12. The number of carbonyl (C=O) groups is 2. The highest BCUT2D eigenvalue weighted by Crippen LogP contribution is 2.18. The van der Waals surface area contributed by atoms with Gasteiger partial charge in [-0.05, 0) is 37.3 Å². The number of ether oxygens (including phenoxy) is 1. The van der Waals surface area contributed by atoms with Crippen LogP contribution in [0.5, 0.6) is 0 Å². The molecule has 2 aromatic carbocycles. The van der Waals surface area contributed by atoms with Gasteiger partial charge in [0.2, 0.25) is 0 Å². The molecule has 0 bridgehead atoms. The van der Waals surface area contributed by atoms with Crippen LogP contribution >= 0.6 is 23.2 Å². The Morgan fingerprint density at radius 2 is 1.82 bits per heavy atom. The van der Waals surface area contributed by atoms with Gasteiger partial charge in [-0.25, -0.2) is 4.79 Å². The van der Waals surface area contributed by atoms with Gasteiger partial charge in [-0.1, -0.05) is 41.4 Å². The summed E-state index contributed by atoms with van der Waals surface area (Å²) >= 11 is 11.8. The molecule has 1 amide bonds. The Bertz CT molecular complexity index is 703. The topological polar surface area (TPSA) is 55.4 Å². The second kappa shape index (κ2) is 7.29. The van der Waals surface area contributed by atoms with E-state index in [9.17, 15) is 9.59 Å². The number of hydrogen-bond acceptors (Lipinski definition) is 3. The molecule has 22 heavy (non-hydrogen) atoms. The summed E-state index contributed by atoms with van der Waals surface area (Å²) in [5, 5.41) is 3.39. The molecule has 114 valence electrons. The normalized spacial score (nSPS) is 11.6. The summed E-state index contributed by atoms with van der Waals surface area (Å²) in [5.41, 5.74) is 0.740. The van der Waals surface area contributed by atoms with Crippen molar-refractivity contribution in [1.29, 1.82) is 0 Å². The Morgan fingerprint density at radius 1 is 1.09 bits per heavy atom. The zero-order valence-electron chi connectivity index (χ0n) is 11.7. The number of hydrogen-bond donors (Lipinski definition) is 1. The van der Waals surface area contributed by atoms with Gasteiger partial charge in [0.05, 0.1) is 10.6 Å². The molecule has 0 aliphatic heterocycles. The van der Waals surface area contributed by atoms with Crippen molar-refractivity contribution in [3.8, 4) is 0 Å². The highest BCUT2D eigenvalue weighted by molar-refractivity contribution is 6.33. The Hall–Kier alpha value is -2.04. The van der Waals surface area contributed by atoms with Gasteiger partial charge >= 0.3 is 5.97 Å². The SMILES string of the molecule is CC(OC(=O)c1ccccc1Cl)C(=O)Nc1cccc(Cl)c1. The Labute approximate surface area is 138 Å². The third-order valence-electron chi connectivity index (χ3n) is 2.84. The average molecular weight is 338 g/mol. The molecule has 0 heterocycles. The summed E-state index contributed by atoms with van der Waals surface area (Å²) in [6, 6.07) is 13.2. The molecule has 0 spiro atoms. The molecular formula is C16H13Cl2NO3. The van der Waals surface area contributed by atoms with E-state index in [-0.39, 0.29) is 10.6 Å². The van der Waals surface area contributed by atoms with Gasteiger partial charge in [0, 0.05) is 10.7 Å². The average Bonchev–Trinajstić information content (AvgIpc) is 2.47. The standard InChI is InChI=1S/C16H13Cl2NO3/c1-10(15(20)19-12-6-4-5-11(17)9-12)22-16(21)13-7-2-3-8-14(13)18/h2-10H,1H3,(H,19,20). The lowest BCUT2D eigenvalue weighted by molar-refractivity contribution is -0.123. The lowest BCUT2D eigenvalue weighted by atomic mass is 10.2. The summed E-state index contributed by atoms with van der Waals surface area (Å²) < 4.78 is 5.11. The van der Waals surface area contributed by atoms with Crippen molar-refractivity contribution in [2.45, 2.75) is 13.0 Å². The molecule has 4 nitrogen and oxygen atoms in total. The number of benzene rings is 2. The van der Waals surface area contributed by atoms with Crippen molar-refractivity contribution >= 4 is 40.8 Å². The molecule has 1 unspecified atom stereocenters. The second-order valence-corrected chi connectivity index (χ2v) is 5.37. The minimum Gasteiger partial charge on any atom is -0.449 e. The van der Waals surface area contributed by atoms with E-state index in [0.717, 1.165) is 0 Å². The molecule has 0 radical (unpaired) electrons. The van der Waals surface area contributed by atoms with E-state index in [1.54, 1.807) is 42.5 Å². The van der Waals surface area contributed by atoms with E-state index in [4.69, 9.17) is 27.9 Å². The monoisotopic (exact) mass is 337 g/mol. The van der Waals surface area contributed by atoms with Crippen LogP contribution in [0.1, 0.15) is 17.3 Å². The van der Waals surface area contributed by atoms with Crippen LogP contribution in [0.3, 0.4) is 0 Å². The molecule has 2 aromatic rings. The van der Waals surface area contributed by atoms with Gasteiger partial charge in [-0.15, -0.1) is 0 Å². The fraction of sp³-hybridized carbons (Fsp3) is 0.125. The predicted octanol–water partition coefficient (Wildman–Crippen LogP) is 4.18. The first-order valence-electron chi connectivity index (χ1n) is 6.49. The van der Waals surface area contributed by atoms with Crippen LogP contribution in [0, 0.1) is 0 Å². The molecule has 0 saturated heterocycles. The molecular weight excluding hydrogens is 325 g/mol. The van der Waals surface area contributed by atoms with E-state index in [1.165, 1.54) is 13.0 Å². The second-order valence-electron chi connectivity index (χ2n) is 4.53. The first-order chi connectivity index (χ1) is 10.5. The summed E-state index contributed by atoms with van der Waals surface area (Å²) in [6.45, 7) is 1.48. The zero-order chi connectivity index (χ0) is 16.1. The summed E-state index contributed by atoms with van der Waals surface area (Å²) in [5.74, 6) is -1.11. The maximum atomic E-state index is 12.0. The smallest absolute Gasteiger partial charge is 0.340 e. The van der Waals surface area contributed by atoms with Crippen LogP contribution in [0.15, 0.2) is 48.5 Å². The molecule has 0 aliphatic rings.